The third-order valence-electron chi connectivity index (χ3n) is 3.14. The molecule has 0 bridgehead atoms. The fourth-order valence-electron chi connectivity index (χ4n) is 1.23. The van der Waals surface area contributed by atoms with Crippen molar-refractivity contribution < 1.29 is 55.5 Å². The predicted octanol–water partition coefficient (Wildman–Crippen LogP) is 6.14. The summed E-state index contributed by atoms with van der Waals surface area (Å²) < 4.78 is 0.188. The molecule has 0 spiro atoms. The van der Waals surface area contributed by atoms with Gasteiger partial charge in [-0.05, 0) is 54.4 Å². The van der Waals surface area contributed by atoms with Gasteiger partial charge in [-0.2, -0.15) is 10.5 Å². The van der Waals surface area contributed by atoms with E-state index >= 15 is 0 Å². The summed E-state index contributed by atoms with van der Waals surface area (Å²) in [5, 5.41) is 24.2. The van der Waals surface area contributed by atoms with E-state index in [0.29, 0.717) is 0 Å². The molecule has 0 radical (unpaired) electrons. The van der Waals surface area contributed by atoms with E-state index in [0.717, 1.165) is 25.7 Å². The van der Waals surface area contributed by atoms with Gasteiger partial charge in [0.1, 0.15) is 0 Å². The molecule has 1 unspecified atom stereocenters. The first kappa shape index (κ1) is 37.2. The van der Waals surface area contributed by atoms with Gasteiger partial charge >= 0.3 is 58.8 Å². The Labute approximate surface area is 196 Å². The quantitative estimate of drug-likeness (QED) is 0.306. The summed E-state index contributed by atoms with van der Waals surface area (Å²) in [5.41, 5.74) is -1.20. The van der Waals surface area contributed by atoms with Gasteiger partial charge in [0.25, 0.3) is 0 Å². The molecule has 0 aliphatic carbocycles. The van der Waals surface area contributed by atoms with Crippen LogP contribution in [0.2, 0.25) is 4.35 Å². The number of aliphatic carboxylic acids is 1. The van der Waals surface area contributed by atoms with Crippen molar-refractivity contribution in [1.29, 1.82) is 0 Å². The number of carbonyl (C=O) groups is 3. The zero-order valence-electron chi connectivity index (χ0n) is 21.1. The van der Waals surface area contributed by atoms with Crippen LogP contribution < -0.4 is 0 Å². The van der Waals surface area contributed by atoms with Crippen LogP contribution in [-0.2, 0) is 39.9 Å². The van der Waals surface area contributed by atoms with Gasteiger partial charge in [-0.1, -0.05) is 26.7 Å². The Morgan fingerprint density at radius 2 is 1.10 bits per heavy atom. The molecular weight excluding hydrogens is 451 g/mol. The van der Waals surface area contributed by atoms with E-state index < -0.39 is 28.7 Å². The summed E-state index contributed by atoms with van der Waals surface area (Å²) in [5.74, 6) is -1.98. The van der Waals surface area contributed by atoms with E-state index in [4.69, 9.17) is 15.6 Å². The number of carboxylic acids is 1. The maximum atomic E-state index is 10.4. The van der Waals surface area contributed by atoms with E-state index in [1.807, 2.05) is 27.7 Å². The molecule has 0 fully saturated rings. The fourth-order valence-corrected chi connectivity index (χ4v) is 1.23. The van der Waals surface area contributed by atoms with Crippen molar-refractivity contribution in [3.63, 3.8) is 0 Å². The van der Waals surface area contributed by atoms with Gasteiger partial charge in [-0.25, -0.2) is 9.59 Å². The van der Waals surface area contributed by atoms with E-state index in [1.165, 1.54) is 0 Å². The second-order valence-corrected chi connectivity index (χ2v) is 11.4. The first-order chi connectivity index (χ1) is 13.7. The number of hydrogen-bond donors (Lipinski definition) is 3. The van der Waals surface area contributed by atoms with Gasteiger partial charge in [0.05, 0.1) is 16.7 Å². The average molecular weight is 497 g/mol. The first-order valence-electron chi connectivity index (χ1n) is 10.3. The van der Waals surface area contributed by atoms with E-state index in [1.54, 1.807) is 41.5 Å². The average Bonchev–Trinajstić information content (AvgIpc) is 2.58. The molecule has 9 heteroatoms. The normalized spacial score (nSPS) is 11.8. The van der Waals surface area contributed by atoms with Crippen LogP contribution in [0, 0.1) is 16.7 Å². The molecule has 31 heavy (non-hydrogen) atoms. The molecule has 0 aromatic heterocycles. The molecule has 190 valence electrons. The molecule has 0 saturated carbocycles. The van der Waals surface area contributed by atoms with Crippen LogP contribution in [-0.4, -0.2) is 33.5 Å². The van der Waals surface area contributed by atoms with Gasteiger partial charge < -0.3 is 14.9 Å². The SMILES string of the molecule is CC(C)(C)C(=O)OO.CC(C)(C)C(=O)OO.CCCCC(CC)C(=O)O.C[C](C)(C)[Co]. The Morgan fingerprint density at radius 3 is 1.19 bits per heavy atom. The molecule has 0 aliphatic heterocycles. The Morgan fingerprint density at radius 1 is 0.806 bits per heavy atom. The summed E-state index contributed by atoms with van der Waals surface area (Å²) >= 11 is 4.17. The van der Waals surface area contributed by atoms with Crippen molar-refractivity contribution in [1.82, 2.24) is 0 Å². The summed E-state index contributed by atoms with van der Waals surface area (Å²) in [6.07, 6.45) is 3.71. The van der Waals surface area contributed by atoms with Crippen molar-refractivity contribution >= 4 is 17.9 Å². The predicted molar refractivity (Wildman–Crippen MR) is 117 cm³/mol. The third kappa shape index (κ3) is 33.7. The standard InChI is InChI=1S/C8H16O2.2C5H10O3.C4H9.Co/c1-3-5-6-7(4-2)8(9)10;2*1-5(2,3)4(6)8-7;1-4(2)3;/h7H,3-6H2,1-2H3,(H,9,10);2*7H,1-3H3;1-3H3;. The number of hydrogen-bond acceptors (Lipinski definition) is 7. The number of carbonyl (C=O) groups excluding carboxylic acids is 2. The second kappa shape index (κ2) is 18.4. The molecule has 0 aliphatic rings. The van der Waals surface area contributed by atoms with Crippen LogP contribution >= 0.6 is 0 Å². The topological polar surface area (TPSA) is 130 Å². The molecule has 0 rings (SSSR count). The molecule has 0 aromatic rings. The summed E-state index contributed by atoms with van der Waals surface area (Å²) in [6, 6.07) is 0. The van der Waals surface area contributed by atoms with Crippen LogP contribution in [0.25, 0.3) is 0 Å². The molecule has 3 N–H and O–H groups in total. The Balaban J connectivity index is -0.000000161. The second-order valence-electron chi connectivity index (χ2n) is 9.84. The van der Waals surface area contributed by atoms with Crippen LogP contribution in [0.3, 0.4) is 0 Å². The number of carboxylic acid groups (broad SMARTS) is 1. The Hall–Kier alpha value is -1.16. The van der Waals surface area contributed by atoms with Gasteiger partial charge in [0.15, 0.2) is 0 Å². The van der Waals surface area contributed by atoms with E-state index in [-0.39, 0.29) is 10.3 Å². The Bertz CT molecular complexity index is 453. The Kier molecular flexibility index (Phi) is 22.1. The van der Waals surface area contributed by atoms with Gasteiger partial charge in [-0.3, -0.25) is 4.79 Å². The van der Waals surface area contributed by atoms with Gasteiger partial charge in [0, 0.05) is 0 Å². The zero-order chi connectivity index (χ0) is 26.1. The molecule has 1 atom stereocenters. The van der Waals surface area contributed by atoms with Crippen LogP contribution in [0.5, 0.6) is 0 Å². The van der Waals surface area contributed by atoms with Crippen molar-refractivity contribution in [3.8, 4) is 0 Å². The van der Waals surface area contributed by atoms with Crippen LogP contribution in [0.15, 0.2) is 0 Å². The molecule has 0 saturated heterocycles. The minimum atomic E-state index is -0.643. The van der Waals surface area contributed by atoms with E-state index in [2.05, 4.69) is 32.4 Å². The molecular formula is C22H45CoO8. The molecule has 0 aromatic carbocycles. The fraction of sp³-hybridized carbons (Fsp3) is 0.864. The molecule has 0 heterocycles. The number of unbranched alkanes of at least 4 members (excludes halogenated alkanes) is 1. The van der Waals surface area contributed by atoms with Crippen molar-refractivity contribution in [2.75, 3.05) is 0 Å². The monoisotopic (exact) mass is 496 g/mol. The minimum absolute atomic E-state index is 0.111. The number of rotatable bonds is 5. The van der Waals surface area contributed by atoms with Gasteiger partial charge in [-0.15, -0.1) is 0 Å². The molecule has 8 nitrogen and oxygen atoms in total. The van der Waals surface area contributed by atoms with E-state index in [9.17, 15) is 14.4 Å². The maximum absolute atomic E-state index is 10.4. The summed E-state index contributed by atoms with van der Waals surface area (Å²) in [7, 11) is 0. The third-order valence-corrected chi connectivity index (χ3v) is 3.14. The summed E-state index contributed by atoms with van der Waals surface area (Å²) in [6.45, 7) is 20.1. The van der Waals surface area contributed by atoms with Crippen molar-refractivity contribution in [3.05, 3.63) is 0 Å². The zero-order valence-corrected chi connectivity index (χ0v) is 22.2. The van der Waals surface area contributed by atoms with Gasteiger partial charge in [0.2, 0.25) is 0 Å². The molecule has 0 amide bonds. The van der Waals surface area contributed by atoms with Crippen LogP contribution in [0.4, 0.5) is 0 Å². The van der Waals surface area contributed by atoms with Crippen molar-refractivity contribution in [2.24, 2.45) is 16.7 Å². The first-order valence-corrected chi connectivity index (χ1v) is 10.8. The van der Waals surface area contributed by atoms with Crippen molar-refractivity contribution in [2.45, 2.75) is 106 Å². The summed E-state index contributed by atoms with van der Waals surface area (Å²) in [4.78, 5) is 38.1. The van der Waals surface area contributed by atoms with Crippen LogP contribution in [0.1, 0.15) is 102 Å².